The van der Waals surface area contributed by atoms with Crippen molar-refractivity contribution in [2.75, 3.05) is 24.2 Å². The fourth-order valence-electron chi connectivity index (χ4n) is 3.33. The maximum atomic E-state index is 12.7. The first-order chi connectivity index (χ1) is 13.9. The van der Waals surface area contributed by atoms with Crippen molar-refractivity contribution in [1.29, 1.82) is 0 Å². The van der Waals surface area contributed by atoms with Gasteiger partial charge in [-0.1, -0.05) is 6.07 Å². The smallest absolute Gasteiger partial charge is 0.356 e. The van der Waals surface area contributed by atoms with Gasteiger partial charge in [-0.15, -0.1) is 0 Å². The molecule has 0 atom stereocenters. The Morgan fingerprint density at radius 1 is 1.17 bits per heavy atom. The highest BCUT2D eigenvalue weighted by Crippen LogP contribution is 2.29. The number of carbonyl (C=O) groups excluding carboxylic acids is 1. The molecule has 30 heavy (non-hydrogen) atoms. The summed E-state index contributed by atoms with van der Waals surface area (Å²) in [6.07, 6.45) is -1.32. The van der Waals surface area contributed by atoms with Crippen molar-refractivity contribution in [3.8, 4) is 0 Å². The number of anilines is 1. The van der Waals surface area contributed by atoms with Gasteiger partial charge in [0.2, 0.25) is 0 Å². The quantitative estimate of drug-likeness (QED) is 0.788. The molecule has 0 spiro atoms. The van der Waals surface area contributed by atoms with Crippen molar-refractivity contribution in [1.82, 2.24) is 10.3 Å². The lowest BCUT2D eigenvalue weighted by atomic mass is 10.0. The van der Waals surface area contributed by atoms with E-state index in [1.54, 1.807) is 13.0 Å². The molecule has 0 radical (unpaired) electrons. The van der Waals surface area contributed by atoms with Crippen molar-refractivity contribution in [2.45, 2.75) is 36.9 Å². The molecule has 1 aromatic carbocycles. The van der Waals surface area contributed by atoms with Crippen molar-refractivity contribution < 1.29 is 26.4 Å². The minimum absolute atomic E-state index is 0.0847. The number of nitrogens with one attached hydrogen (secondary N) is 1. The third-order valence-electron chi connectivity index (χ3n) is 5.11. The molecular weight excluding hydrogens is 419 g/mol. The molecule has 162 valence electrons. The van der Waals surface area contributed by atoms with Gasteiger partial charge in [-0.2, -0.15) is 13.2 Å². The summed E-state index contributed by atoms with van der Waals surface area (Å²) in [5.41, 5.74) is 0.191. The number of piperidine rings is 1. The second-order valence-corrected chi connectivity index (χ2v) is 9.40. The molecular formula is C20H22F3N3O3S. The van der Waals surface area contributed by atoms with E-state index in [9.17, 15) is 26.4 Å². The zero-order valence-corrected chi connectivity index (χ0v) is 17.3. The van der Waals surface area contributed by atoms with Gasteiger partial charge in [-0.25, -0.2) is 13.4 Å². The van der Waals surface area contributed by atoms with Crippen LogP contribution >= 0.6 is 0 Å². The Labute approximate surface area is 173 Å². The van der Waals surface area contributed by atoms with E-state index in [1.807, 2.05) is 4.90 Å². The number of sulfone groups is 1. The minimum Gasteiger partial charge on any atom is -0.356 e. The Hall–Kier alpha value is -2.62. The molecule has 3 rings (SSSR count). The number of alkyl halides is 3. The van der Waals surface area contributed by atoms with Crippen molar-refractivity contribution in [3.05, 3.63) is 53.2 Å². The second kappa shape index (κ2) is 8.25. The first-order valence-electron chi connectivity index (χ1n) is 9.35. The number of amides is 1. The number of aromatic nitrogens is 1. The van der Waals surface area contributed by atoms with Gasteiger partial charge in [0.25, 0.3) is 5.91 Å². The van der Waals surface area contributed by atoms with Gasteiger partial charge in [0, 0.05) is 37.1 Å². The number of nitrogens with zero attached hydrogens (tertiary/aromatic N) is 2. The summed E-state index contributed by atoms with van der Waals surface area (Å²) in [5.74, 6) is 0.119. The summed E-state index contributed by atoms with van der Waals surface area (Å²) in [7, 11) is -3.42. The minimum atomic E-state index is -4.42. The Morgan fingerprint density at radius 2 is 1.83 bits per heavy atom. The summed E-state index contributed by atoms with van der Waals surface area (Å²) in [6, 6.07) is 6.68. The van der Waals surface area contributed by atoms with Crippen LogP contribution in [0.5, 0.6) is 0 Å². The molecule has 1 amide bonds. The van der Waals surface area contributed by atoms with E-state index >= 15 is 0 Å². The molecule has 1 N–H and O–H groups in total. The SMILES string of the molecule is Cc1ccc(S(C)(=O)=O)cc1C(=O)NC1CCN(c2ccc(C(F)(F)F)cn2)CC1. The topological polar surface area (TPSA) is 79.4 Å². The molecule has 0 aliphatic carbocycles. The molecule has 1 fully saturated rings. The molecule has 2 heterocycles. The van der Waals surface area contributed by atoms with Crippen LogP contribution in [-0.4, -0.2) is 44.7 Å². The lowest BCUT2D eigenvalue weighted by Crippen LogP contribution is -2.45. The van der Waals surface area contributed by atoms with Crippen LogP contribution in [0.15, 0.2) is 41.4 Å². The van der Waals surface area contributed by atoms with Gasteiger partial charge in [0.15, 0.2) is 9.84 Å². The Morgan fingerprint density at radius 3 is 2.37 bits per heavy atom. The first-order valence-corrected chi connectivity index (χ1v) is 11.2. The monoisotopic (exact) mass is 441 g/mol. The van der Waals surface area contributed by atoms with Crippen molar-refractivity contribution in [2.24, 2.45) is 0 Å². The number of benzene rings is 1. The van der Waals surface area contributed by atoms with Gasteiger partial charge in [0.05, 0.1) is 10.5 Å². The Bertz CT molecular complexity index is 1030. The molecule has 1 saturated heterocycles. The van der Waals surface area contributed by atoms with Crippen molar-refractivity contribution in [3.63, 3.8) is 0 Å². The maximum absolute atomic E-state index is 12.7. The van der Waals surface area contributed by atoms with Crippen LogP contribution in [0.25, 0.3) is 0 Å². The van der Waals surface area contributed by atoms with E-state index in [2.05, 4.69) is 10.3 Å². The first kappa shape index (κ1) is 22.1. The summed E-state index contributed by atoms with van der Waals surface area (Å²) in [5, 5.41) is 2.93. The Kier molecular flexibility index (Phi) is 6.07. The van der Waals surface area contributed by atoms with Gasteiger partial charge in [0.1, 0.15) is 5.82 Å². The number of halogens is 3. The van der Waals surface area contributed by atoms with Crippen LogP contribution in [0.1, 0.15) is 34.3 Å². The summed E-state index contributed by atoms with van der Waals surface area (Å²) < 4.78 is 61.5. The summed E-state index contributed by atoms with van der Waals surface area (Å²) in [4.78, 5) is 18.5. The maximum Gasteiger partial charge on any atom is 0.417 e. The van der Waals surface area contributed by atoms with Gasteiger partial charge >= 0.3 is 6.18 Å². The fourth-order valence-corrected chi connectivity index (χ4v) is 3.98. The van der Waals surface area contributed by atoms with E-state index in [1.165, 1.54) is 18.2 Å². The van der Waals surface area contributed by atoms with Crippen LogP contribution in [0.4, 0.5) is 19.0 Å². The van der Waals surface area contributed by atoms with Crippen LogP contribution in [0.2, 0.25) is 0 Å². The molecule has 10 heteroatoms. The fraction of sp³-hybridized carbons (Fsp3) is 0.400. The highest BCUT2D eigenvalue weighted by molar-refractivity contribution is 7.90. The predicted molar refractivity (Wildman–Crippen MR) is 106 cm³/mol. The molecule has 6 nitrogen and oxygen atoms in total. The number of rotatable bonds is 4. The molecule has 1 aromatic heterocycles. The van der Waals surface area contributed by atoms with Crippen LogP contribution in [0, 0.1) is 6.92 Å². The number of aryl methyl sites for hydroxylation is 1. The number of carbonyl (C=O) groups is 1. The third kappa shape index (κ3) is 5.10. The Balaban J connectivity index is 1.62. The number of hydrogen-bond acceptors (Lipinski definition) is 5. The van der Waals surface area contributed by atoms with Crippen LogP contribution in [0.3, 0.4) is 0 Å². The molecule has 2 aromatic rings. The summed E-state index contributed by atoms with van der Waals surface area (Å²) in [6.45, 7) is 2.80. The van der Waals surface area contributed by atoms with Gasteiger partial charge < -0.3 is 10.2 Å². The molecule has 0 bridgehead atoms. The number of pyridine rings is 1. The average molecular weight is 441 g/mol. The molecule has 0 saturated carbocycles. The normalized spacial score (nSPS) is 15.8. The van der Waals surface area contributed by atoms with Crippen LogP contribution in [-0.2, 0) is 16.0 Å². The van der Waals surface area contributed by atoms with Gasteiger partial charge in [-0.05, 0) is 49.6 Å². The van der Waals surface area contributed by atoms with Crippen molar-refractivity contribution >= 4 is 21.6 Å². The van der Waals surface area contributed by atoms with Crippen LogP contribution < -0.4 is 10.2 Å². The highest BCUT2D eigenvalue weighted by atomic mass is 32.2. The van der Waals surface area contributed by atoms with E-state index in [0.717, 1.165) is 18.5 Å². The third-order valence-corrected chi connectivity index (χ3v) is 6.22. The lowest BCUT2D eigenvalue weighted by Gasteiger charge is -2.33. The summed E-state index contributed by atoms with van der Waals surface area (Å²) >= 11 is 0. The van der Waals surface area contributed by atoms with Gasteiger partial charge in [-0.3, -0.25) is 4.79 Å². The zero-order chi connectivity index (χ0) is 22.1. The second-order valence-electron chi connectivity index (χ2n) is 7.39. The lowest BCUT2D eigenvalue weighted by molar-refractivity contribution is -0.137. The van der Waals surface area contributed by atoms with E-state index in [-0.39, 0.29) is 16.8 Å². The zero-order valence-electron chi connectivity index (χ0n) is 16.5. The molecule has 0 unspecified atom stereocenters. The standard InChI is InChI=1S/C20H22F3N3O3S/c1-13-3-5-16(30(2,28)29)11-17(13)19(27)25-15-7-9-26(10-8-15)18-6-4-14(12-24-18)20(21,22)23/h3-6,11-12,15H,7-10H2,1-2H3,(H,25,27). The van der Waals surface area contributed by atoms with E-state index < -0.39 is 21.6 Å². The average Bonchev–Trinajstić information content (AvgIpc) is 2.67. The largest absolute Gasteiger partial charge is 0.417 e. The van der Waals surface area contributed by atoms with E-state index in [0.29, 0.717) is 42.9 Å². The predicted octanol–water partition coefficient (Wildman–Crippen LogP) is 3.21. The van der Waals surface area contributed by atoms with E-state index in [4.69, 9.17) is 0 Å². The number of hydrogen-bond donors (Lipinski definition) is 1. The molecule has 1 aliphatic rings. The molecule has 1 aliphatic heterocycles. The highest BCUT2D eigenvalue weighted by Gasteiger charge is 2.31.